The molecule has 1 fully saturated rings. The van der Waals surface area contributed by atoms with Crippen molar-refractivity contribution in [3.8, 4) is 0 Å². The highest BCUT2D eigenvalue weighted by molar-refractivity contribution is 5.83. The third-order valence-electron chi connectivity index (χ3n) is 3.73. The maximum Gasteiger partial charge on any atom is 0.211 e. The van der Waals surface area contributed by atoms with Gasteiger partial charge in [0, 0.05) is 32.7 Å². The number of nitrogens with two attached hydrogens (primary N) is 2. The fourth-order valence-corrected chi connectivity index (χ4v) is 2.47. The molecule has 1 aliphatic heterocycles. The Kier molecular flexibility index (Phi) is 5.71. The van der Waals surface area contributed by atoms with Crippen LogP contribution in [0.5, 0.6) is 0 Å². The van der Waals surface area contributed by atoms with Gasteiger partial charge >= 0.3 is 0 Å². The highest BCUT2D eigenvalue weighted by Gasteiger charge is 2.16. The molecule has 21 heavy (non-hydrogen) atoms. The van der Waals surface area contributed by atoms with E-state index < -0.39 is 0 Å². The van der Waals surface area contributed by atoms with Crippen LogP contribution in [0.3, 0.4) is 0 Å². The SMILES string of the molecule is CCN1CCN(Cc2ccccc2C=NN=C(N)N)CC1. The Morgan fingerprint density at radius 1 is 1.14 bits per heavy atom. The van der Waals surface area contributed by atoms with E-state index in [-0.39, 0.29) is 5.96 Å². The van der Waals surface area contributed by atoms with Crippen molar-refractivity contribution >= 4 is 12.2 Å². The monoisotopic (exact) mass is 288 g/mol. The Morgan fingerprint density at radius 3 is 2.48 bits per heavy atom. The molecule has 4 N–H and O–H groups in total. The molecule has 6 nitrogen and oxygen atoms in total. The van der Waals surface area contributed by atoms with Crippen molar-refractivity contribution in [1.82, 2.24) is 9.80 Å². The molecular weight excluding hydrogens is 264 g/mol. The molecule has 0 aromatic heterocycles. The van der Waals surface area contributed by atoms with Crippen molar-refractivity contribution in [2.45, 2.75) is 13.5 Å². The van der Waals surface area contributed by atoms with Gasteiger partial charge < -0.3 is 16.4 Å². The first-order chi connectivity index (χ1) is 10.2. The van der Waals surface area contributed by atoms with E-state index in [4.69, 9.17) is 11.5 Å². The molecule has 0 amide bonds. The second-order valence-corrected chi connectivity index (χ2v) is 5.18. The molecule has 114 valence electrons. The van der Waals surface area contributed by atoms with Crippen LogP contribution in [0.15, 0.2) is 34.5 Å². The molecule has 1 aromatic carbocycles. The summed E-state index contributed by atoms with van der Waals surface area (Å²) in [5.41, 5.74) is 12.8. The van der Waals surface area contributed by atoms with Crippen molar-refractivity contribution in [2.24, 2.45) is 21.7 Å². The van der Waals surface area contributed by atoms with Crippen molar-refractivity contribution in [2.75, 3.05) is 32.7 Å². The van der Waals surface area contributed by atoms with E-state index >= 15 is 0 Å². The number of benzene rings is 1. The van der Waals surface area contributed by atoms with Crippen LogP contribution < -0.4 is 11.5 Å². The average Bonchev–Trinajstić information content (AvgIpc) is 2.49. The Morgan fingerprint density at radius 2 is 1.81 bits per heavy atom. The molecule has 0 aliphatic carbocycles. The zero-order chi connectivity index (χ0) is 15.1. The first-order valence-corrected chi connectivity index (χ1v) is 7.33. The summed E-state index contributed by atoms with van der Waals surface area (Å²) >= 11 is 0. The molecule has 1 heterocycles. The first kappa shape index (κ1) is 15.5. The van der Waals surface area contributed by atoms with Crippen LogP contribution in [-0.2, 0) is 6.54 Å². The van der Waals surface area contributed by atoms with Gasteiger partial charge in [0.25, 0.3) is 0 Å². The van der Waals surface area contributed by atoms with E-state index in [1.165, 1.54) is 5.56 Å². The number of hydrogen-bond donors (Lipinski definition) is 2. The molecule has 0 bridgehead atoms. The molecule has 6 heteroatoms. The Balaban J connectivity index is 2.00. The van der Waals surface area contributed by atoms with E-state index in [0.29, 0.717) is 0 Å². The third kappa shape index (κ3) is 4.84. The normalized spacial score (nSPS) is 17.2. The maximum absolute atomic E-state index is 5.27. The predicted molar refractivity (Wildman–Crippen MR) is 87.2 cm³/mol. The molecule has 0 saturated carbocycles. The van der Waals surface area contributed by atoms with Gasteiger partial charge in [0.05, 0.1) is 6.21 Å². The maximum atomic E-state index is 5.27. The summed E-state index contributed by atoms with van der Waals surface area (Å²) in [6.45, 7) is 8.77. The van der Waals surface area contributed by atoms with Gasteiger partial charge in [0.1, 0.15) is 0 Å². The fourth-order valence-electron chi connectivity index (χ4n) is 2.47. The Labute approximate surface area is 126 Å². The predicted octanol–water partition coefficient (Wildman–Crippen LogP) is 0.431. The minimum Gasteiger partial charge on any atom is -0.369 e. The zero-order valence-corrected chi connectivity index (χ0v) is 12.6. The molecule has 0 spiro atoms. The van der Waals surface area contributed by atoms with Crippen LogP contribution in [0.1, 0.15) is 18.1 Å². The highest BCUT2D eigenvalue weighted by atomic mass is 15.3. The molecule has 1 saturated heterocycles. The molecule has 1 aliphatic rings. The summed E-state index contributed by atoms with van der Waals surface area (Å²) in [4.78, 5) is 4.95. The second-order valence-electron chi connectivity index (χ2n) is 5.18. The quantitative estimate of drug-likeness (QED) is 0.467. The summed E-state index contributed by atoms with van der Waals surface area (Å²) in [5.74, 6) is -0.0283. The number of piperazine rings is 1. The van der Waals surface area contributed by atoms with E-state index in [1.54, 1.807) is 6.21 Å². The Bertz CT molecular complexity index is 499. The van der Waals surface area contributed by atoms with Crippen LogP contribution >= 0.6 is 0 Å². The fraction of sp³-hybridized carbons (Fsp3) is 0.467. The molecule has 0 atom stereocenters. The zero-order valence-electron chi connectivity index (χ0n) is 12.6. The minimum absolute atomic E-state index is 0.0283. The lowest BCUT2D eigenvalue weighted by atomic mass is 10.1. The van der Waals surface area contributed by atoms with Crippen LogP contribution in [0, 0.1) is 0 Å². The number of guanidine groups is 1. The van der Waals surface area contributed by atoms with Crippen molar-refractivity contribution in [3.05, 3.63) is 35.4 Å². The smallest absolute Gasteiger partial charge is 0.211 e. The molecule has 2 rings (SSSR count). The van der Waals surface area contributed by atoms with Crippen LogP contribution in [-0.4, -0.2) is 54.7 Å². The summed E-state index contributed by atoms with van der Waals surface area (Å²) in [7, 11) is 0. The molecular formula is C15H24N6. The number of likely N-dealkylation sites (N-methyl/N-ethyl adjacent to an activating group) is 1. The molecule has 1 aromatic rings. The second kappa shape index (κ2) is 7.75. The summed E-state index contributed by atoms with van der Waals surface area (Å²) in [6, 6.07) is 8.21. The van der Waals surface area contributed by atoms with Crippen LogP contribution in [0.25, 0.3) is 0 Å². The lowest BCUT2D eigenvalue weighted by Gasteiger charge is -2.34. The van der Waals surface area contributed by atoms with Gasteiger partial charge in [-0.15, -0.1) is 5.10 Å². The minimum atomic E-state index is -0.0283. The molecule has 0 unspecified atom stereocenters. The molecule has 0 radical (unpaired) electrons. The Hall–Kier alpha value is -1.92. The standard InChI is InChI=1S/C15H24N6/c1-2-20-7-9-21(10-8-20)12-14-6-4-3-5-13(14)11-18-19-15(16)17/h3-6,11H,2,7-10,12H2,1H3,(H4,16,17,19). The van der Waals surface area contributed by atoms with Crippen molar-refractivity contribution < 1.29 is 0 Å². The van der Waals surface area contributed by atoms with Crippen molar-refractivity contribution in [1.29, 1.82) is 0 Å². The van der Waals surface area contributed by atoms with Gasteiger partial charge in [0.15, 0.2) is 0 Å². The largest absolute Gasteiger partial charge is 0.369 e. The van der Waals surface area contributed by atoms with E-state index in [9.17, 15) is 0 Å². The van der Waals surface area contributed by atoms with E-state index in [2.05, 4.69) is 39.1 Å². The summed E-state index contributed by atoms with van der Waals surface area (Å²) in [5, 5.41) is 7.56. The first-order valence-electron chi connectivity index (χ1n) is 7.33. The van der Waals surface area contributed by atoms with Crippen LogP contribution in [0.2, 0.25) is 0 Å². The lowest BCUT2D eigenvalue weighted by Crippen LogP contribution is -2.45. The van der Waals surface area contributed by atoms with Crippen LogP contribution in [0.4, 0.5) is 0 Å². The summed E-state index contributed by atoms with van der Waals surface area (Å²) in [6.07, 6.45) is 1.71. The van der Waals surface area contributed by atoms with Gasteiger partial charge in [-0.25, -0.2) is 0 Å². The van der Waals surface area contributed by atoms with Gasteiger partial charge in [-0.3, -0.25) is 4.90 Å². The topological polar surface area (TPSA) is 83.2 Å². The van der Waals surface area contributed by atoms with Gasteiger partial charge in [-0.05, 0) is 17.7 Å². The van der Waals surface area contributed by atoms with Gasteiger partial charge in [0.2, 0.25) is 5.96 Å². The summed E-state index contributed by atoms with van der Waals surface area (Å²) < 4.78 is 0. The van der Waals surface area contributed by atoms with Crippen molar-refractivity contribution in [3.63, 3.8) is 0 Å². The lowest BCUT2D eigenvalue weighted by molar-refractivity contribution is 0.132. The number of rotatable bonds is 5. The van der Waals surface area contributed by atoms with E-state index in [1.807, 2.05) is 12.1 Å². The van der Waals surface area contributed by atoms with Gasteiger partial charge in [-0.2, -0.15) is 5.10 Å². The van der Waals surface area contributed by atoms with Gasteiger partial charge in [-0.1, -0.05) is 31.2 Å². The highest BCUT2D eigenvalue weighted by Crippen LogP contribution is 2.12. The third-order valence-corrected chi connectivity index (χ3v) is 3.73. The number of nitrogens with zero attached hydrogens (tertiary/aromatic N) is 4. The van der Waals surface area contributed by atoms with E-state index in [0.717, 1.165) is 44.8 Å². The number of hydrogen-bond acceptors (Lipinski definition) is 4. The average molecular weight is 288 g/mol.